The first kappa shape index (κ1) is 17.3. The molecule has 0 bridgehead atoms. The van der Waals surface area contributed by atoms with E-state index >= 15 is 0 Å². The van der Waals surface area contributed by atoms with Crippen molar-refractivity contribution in [2.45, 2.75) is 37.1 Å². The minimum absolute atomic E-state index is 0.182. The fraction of sp³-hybridized carbons (Fsp3) is 0.500. The molecule has 1 aromatic rings. The van der Waals surface area contributed by atoms with Gasteiger partial charge in [0.05, 0.1) is 0 Å². The summed E-state index contributed by atoms with van der Waals surface area (Å²) in [5.74, 6) is -3.95. The molecule has 8 heteroatoms. The van der Waals surface area contributed by atoms with Gasteiger partial charge in [-0.25, -0.2) is 26.3 Å². The number of hydrogen-bond acceptors (Lipinski definition) is 2. The standard InChI is InChI=1S/C12H15ClF3NO2S/c1-3-12(2,4-5-13)17-20(18,19)11-9(15)6-8(14)7-10(11)16/h6-7,17H,3-5H2,1-2H3. The molecule has 1 unspecified atom stereocenters. The lowest BCUT2D eigenvalue weighted by atomic mass is 9.97. The number of hydrogen-bond donors (Lipinski definition) is 1. The molecule has 0 spiro atoms. The predicted molar refractivity (Wildman–Crippen MR) is 70.7 cm³/mol. The van der Waals surface area contributed by atoms with Gasteiger partial charge in [-0.15, -0.1) is 11.6 Å². The first-order valence-electron chi connectivity index (χ1n) is 5.89. The van der Waals surface area contributed by atoms with Crippen molar-refractivity contribution in [2.24, 2.45) is 0 Å². The molecule has 1 N–H and O–H groups in total. The van der Waals surface area contributed by atoms with Crippen LogP contribution >= 0.6 is 11.6 Å². The highest BCUT2D eigenvalue weighted by Gasteiger charge is 2.32. The molecule has 3 nitrogen and oxygen atoms in total. The summed E-state index contributed by atoms with van der Waals surface area (Å²) >= 11 is 5.59. The van der Waals surface area contributed by atoms with Gasteiger partial charge in [-0.05, 0) is 19.8 Å². The maximum absolute atomic E-state index is 13.5. The van der Waals surface area contributed by atoms with E-state index in [-0.39, 0.29) is 12.3 Å². The van der Waals surface area contributed by atoms with Gasteiger partial charge in [0.25, 0.3) is 0 Å². The monoisotopic (exact) mass is 329 g/mol. The van der Waals surface area contributed by atoms with E-state index in [9.17, 15) is 21.6 Å². The summed E-state index contributed by atoms with van der Waals surface area (Å²) in [7, 11) is -4.46. The smallest absolute Gasteiger partial charge is 0.207 e. The van der Waals surface area contributed by atoms with Gasteiger partial charge in [-0.1, -0.05) is 6.92 Å². The van der Waals surface area contributed by atoms with Crippen molar-refractivity contribution in [2.75, 3.05) is 5.88 Å². The van der Waals surface area contributed by atoms with Crippen LogP contribution in [0.5, 0.6) is 0 Å². The SMILES string of the molecule is CCC(C)(CCCl)NS(=O)(=O)c1c(F)cc(F)cc1F. The predicted octanol–water partition coefficient (Wildman–Crippen LogP) is 3.18. The number of benzene rings is 1. The molecular formula is C12H15ClF3NO2S. The van der Waals surface area contributed by atoms with Gasteiger partial charge in [0.15, 0.2) is 4.90 Å². The van der Waals surface area contributed by atoms with Gasteiger partial charge >= 0.3 is 0 Å². The highest BCUT2D eigenvalue weighted by atomic mass is 35.5. The summed E-state index contributed by atoms with van der Waals surface area (Å²) in [6.45, 7) is 3.29. The van der Waals surface area contributed by atoms with Crippen LogP contribution in [0.25, 0.3) is 0 Å². The Balaban J connectivity index is 3.25. The second kappa shape index (κ2) is 6.32. The Morgan fingerprint density at radius 3 is 2.15 bits per heavy atom. The lowest BCUT2D eigenvalue weighted by molar-refractivity contribution is 0.387. The number of nitrogens with one attached hydrogen (secondary N) is 1. The van der Waals surface area contributed by atoms with E-state index in [1.165, 1.54) is 0 Å². The molecule has 1 rings (SSSR count). The highest BCUT2D eigenvalue weighted by molar-refractivity contribution is 7.89. The Kier molecular flexibility index (Phi) is 5.46. The molecule has 20 heavy (non-hydrogen) atoms. The Labute approximate surface area is 121 Å². The van der Waals surface area contributed by atoms with Crippen LogP contribution in [0.2, 0.25) is 0 Å². The molecule has 114 valence electrons. The third-order valence-electron chi connectivity index (χ3n) is 3.04. The minimum Gasteiger partial charge on any atom is -0.207 e. The average molecular weight is 330 g/mol. The fourth-order valence-corrected chi connectivity index (χ4v) is 3.72. The molecule has 1 aromatic carbocycles. The van der Waals surface area contributed by atoms with Crippen LogP contribution in [0.15, 0.2) is 17.0 Å². The second-order valence-corrected chi connectivity index (χ2v) is 6.65. The van der Waals surface area contributed by atoms with Gasteiger partial charge < -0.3 is 0 Å². The van der Waals surface area contributed by atoms with E-state index in [0.717, 1.165) is 0 Å². The summed E-state index contributed by atoms with van der Waals surface area (Å²) in [4.78, 5) is -1.19. The zero-order valence-electron chi connectivity index (χ0n) is 11.0. The summed E-state index contributed by atoms with van der Waals surface area (Å²) in [6.07, 6.45) is 0.665. The summed E-state index contributed by atoms with van der Waals surface area (Å²) in [5, 5.41) is 0. The molecule has 0 aromatic heterocycles. The van der Waals surface area contributed by atoms with Crippen molar-refractivity contribution in [1.82, 2.24) is 4.72 Å². The molecule has 0 aliphatic carbocycles. The van der Waals surface area contributed by atoms with Crippen LogP contribution in [0.3, 0.4) is 0 Å². The van der Waals surface area contributed by atoms with Crippen LogP contribution in [0.4, 0.5) is 13.2 Å². The van der Waals surface area contributed by atoms with Gasteiger partial charge in [-0.3, -0.25) is 0 Å². The van der Waals surface area contributed by atoms with Gasteiger partial charge in [0.1, 0.15) is 17.5 Å². The van der Waals surface area contributed by atoms with E-state index in [0.29, 0.717) is 18.6 Å². The normalized spacial score (nSPS) is 15.1. The van der Waals surface area contributed by atoms with Crippen molar-refractivity contribution in [1.29, 1.82) is 0 Å². The molecule has 0 aliphatic heterocycles. The average Bonchev–Trinajstić information content (AvgIpc) is 2.26. The summed E-state index contributed by atoms with van der Waals surface area (Å²) in [5.41, 5.74) is -0.937. The van der Waals surface area contributed by atoms with E-state index in [4.69, 9.17) is 11.6 Å². The van der Waals surface area contributed by atoms with Crippen molar-refractivity contribution in [3.8, 4) is 0 Å². The Morgan fingerprint density at radius 2 is 1.75 bits per heavy atom. The zero-order valence-corrected chi connectivity index (χ0v) is 12.6. The fourth-order valence-electron chi connectivity index (χ4n) is 1.67. The molecule has 0 saturated carbocycles. The van der Waals surface area contributed by atoms with Gasteiger partial charge in [-0.2, -0.15) is 0 Å². The van der Waals surface area contributed by atoms with Crippen LogP contribution in [-0.2, 0) is 10.0 Å². The number of rotatable bonds is 6. The third kappa shape index (κ3) is 3.86. The molecule has 0 heterocycles. The lowest BCUT2D eigenvalue weighted by Crippen LogP contribution is -2.46. The maximum Gasteiger partial charge on any atom is 0.246 e. The Morgan fingerprint density at radius 1 is 1.25 bits per heavy atom. The van der Waals surface area contributed by atoms with E-state index in [2.05, 4.69) is 4.72 Å². The van der Waals surface area contributed by atoms with E-state index in [1.54, 1.807) is 13.8 Å². The minimum atomic E-state index is -4.46. The highest BCUT2D eigenvalue weighted by Crippen LogP contribution is 2.24. The topological polar surface area (TPSA) is 46.2 Å². The van der Waals surface area contributed by atoms with E-state index < -0.39 is 37.9 Å². The number of alkyl halides is 1. The Hall–Kier alpha value is -0.790. The van der Waals surface area contributed by atoms with Crippen molar-refractivity contribution >= 4 is 21.6 Å². The Bertz CT molecular complexity index is 571. The number of halogens is 4. The van der Waals surface area contributed by atoms with Crippen LogP contribution in [-0.4, -0.2) is 19.8 Å². The van der Waals surface area contributed by atoms with Crippen LogP contribution < -0.4 is 4.72 Å². The molecule has 1 atom stereocenters. The quantitative estimate of drug-likeness (QED) is 0.815. The third-order valence-corrected chi connectivity index (χ3v) is 4.92. The van der Waals surface area contributed by atoms with Gasteiger partial charge in [0.2, 0.25) is 10.0 Å². The second-order valence-electron chi connectivity index (χ2n) is 4.66. The molecule has 0 amide bonds. The van der Waals surface area contributed by atoms with E-state index in [1.807, 2.05) is 0 Å². The van der Waals surface area contributed by atoms with Crippen molar-refractivity contribution < 1.29 is 21.6 Å². The van der Waals surface area contributed by atoms with Crippen LogP contribution in [0.1, 0.15) is 26.7 Å². The summed E-state index contributed by atoms with van der Waals surface area (Å²) in [6, 6.07) is 0.644. The molecule has 0 fully saturated rings. The van der Waals surface area contributed by atoms with Crippen molar-refractivity contribution in [3.63, 3.8) is 0 Å². The van der Waals surface area contributed by atoms with Crippen molar-refractivity contribution in [3.05, 3.63) is 29.6 Å². The molecule has 0 radical (unpaired) electrons. The van der Waals surface area contributed by atoms with Crippen LogP contribution in [0, 0.1) is 17.5 Å². The first-order chi connectivity index (χ1) is 9.15. The summed E-state index contributed by atoms with van der Waals surface area (Å²) < 4.78 is 66.3. The lowest BCUT2D eigenvalue weighted by Gasteiger charge is -2.28. The van der Waals surface area contributed by atoms with Gasteiger partial charge in [0, 0.05) is 23.6 Å². The molecule has 0 saturated heterocycles. The maximum atomic E-state index is 13.5. The molecular weight excluding hydrogens is 315 g/mol. The number of sulfonamides is 1. The zero-order chi connectivity index (χ0) is 15.6. The molecule has 0 aliphatic rings. The largest absolute Gasteiger partial charge is 0.246 e. The first-order valence-corrected chi connectivity index (χ1v) is 7.91.